The van der Waals surface area contributed by atoms with E-state index in [1.165, 1.54) is 34.0 Å². The Hall–Kier alpha value is -1.17. The van der Waals surface area contributed by atoms with Crippen molar-refractivity contribution in [3.63, 3.8) is 0 Å². The van der Waals surface area contributed by atoms with Gasteiger partial charge in [-0.25, -0.2) is 0 Å². The van der Waals surface area contributed by atoms with Crippen molar-refractivity contribution in [2.45, 2.75) is 52.5 Å². The first-order chi connectivity index (χ1) is 10.7. The first-order valence-corrected chi connectivity index (χ1v) is 9.08. The third kappa shape index (κ3) is 5.23. The minimum atomic E-state index is 0.892. The molecule has 2 rings (SSSR count). The Morgan fingerprint density at radius 1 is 1.18 bits per heavy atom. The van der Waals surface area contributed by atoms with Crippen molar-refractivity contribution in [1.29, 1.82) is 0 Å². The molecule has 1 aromatic heterocycles. The van der Waals surface area contributed by atoms with Crippen LogP contribution in [0.3, 0.4) is 0 Å². The molecule has 4 heteroatoms. The van der Waals surface area contributed by atoms with Crippen LogP contribution in [0.15, 0.2) is 40.1 Å². The van der Waals surface area contributed by atoms with Crippen LogP contribution in [0.5, 0.6) is 0 Å². The van der Waals surface area contributed by atoms with Gasteiger partial charge in [0.05, 0.1) is 5.69 Å². The molecule has 1 aromatic carbocycles. The molecule has 2 aromatic rings. The summed E-state index contributed by atoms with van der Waals surface area (Å²) in [7, 11) is 0. The molecule has 0 radical (unpaired) electrons. The van der Waals surface area contributed by atoms with Crippen LogP contribution < -0.4 is 0 Å². The second kappa shape index (κ2) is 9.08. The maximum Gasteiger partial charge on any atom is 0.0827 e. The van der Waals surface area contributed by atoms with Gasteiger partial charge in [-0.3, -0.25) is 4.68 Å². The zero-order valence-corrected chi connectivity index (χ0v) is 15.6. The fourth-order valence-electron chi connectivity index (χ4n) is 2.36. The normalized spacial score (nSPS) is 12.3. The number of hydrogen-bond donors (Lipinski definition) is 0. The number of halogens is 1. The maximum absolute atomic E-state index is 4.26. The molecule has 0 saturated heterocycles. The zero-order valence-electron chi connectivity index (χ0n) is 13.4. The Morgan fingerprint density at radius 3 is 2.68 bits per heavy atom. The topological polar surface area (TPSA) is 30.7 Å². The van der Waals surface area contributed by atoms with Crippen LogP contribution in [-0.2, 0) is 13.0 Å². The van der Waals surface area contributed by atoms with Gasteiger partial charge < -0.3 is 0 Å². The van der Waals surface area contributed by atoms with Crippen molar-refractivity contribution in [1.82, 2.24) is 15.0 Å². The number of nitrogens with zero attached hydrogens (tertiary/aromatic N) is 3. The molecule has 0 atom stereocenters. The van der Waals surface area contributed by atoms with E-state index in [2.05, 4.69) is 83.3 Å². The fraction of sp³-hybridized carbons (Fsp3) is 0.444. The Bertz CT molecular complexity index is 602. The van der Waals surface area contributed by atoms with Crippen LogP contribution in [0.25, 0.3) is 5.57 Å². The third-order valence-electron chi connectivity index (χ3n) is 3.80. The Morgan fingerprint density at radius 2 is 1.95 bits per heavy atom. The Kier molecular flexibility index (Phi) is 7.09. The average molecular weight is 409 g/mol. The zero-order chi connectivity index (χ0) is 15.8. The molecule has 0 spiro atoms. The van der Waals surface area contributed by atoms with E-state index in [0.29, 0.717) is 0 Å². The molecule has 0 aliphatic heterocycles. The number of unbranched alkanes of at least 4 members (excludes halogenated alkanes) is 2. The SMILES string of the molecule is CCCCCc1cn(CC/C(I)=C(\C)c2ccccc2)nn1. The van der Waals surface area contributed by atoms with Crippen LogP contribution in [0.2, 0.25) is 0 Å². The van der Waals surface area contributed by atoms with Gasteiger partial charge >= 0.3 is 0 Å². The predicted octanol–water partition coefficient (Wildman–Crippen LogP) is 5.27. The Labute approximate surface area is 147 Å². The maximum atomic E-state index is 4.26. The number of aryl methyl sites for hydroxylation is 2. The first kappa shape index (κ1) is 17.2. The minimum absolute atomic E-state index is 0.892. The van der Waals surface area contributed by atoms with E-state index in [0.717, 1.165) is 25.1 Å². The van der Waals surface area contributed by atoms with Crippen molar-refractivity contribution in [2.24, 2.45) is 0 Å². The van der Waals surface area contributed by atoms with Crippen molar-refractivity contribution < 1.29 is 0 Å². The number of benzene rings is 1. The molecule has 0 aliphatic carbocycles. The highest BCUT2D eigenvalue weighted by Crippen LogP contribution is 2.25. The highest BCUT2D eigenvalue weighted by molar-refractivity contribution is 14.1. The second-order valence-electron chi connectivity index (χ2n) is 5.58. The van der Waals surface area contributed by atoms with E-state index in [9.17, 15) is 0 Å². The van der Waals surface area contributed by atoms with Crippen LogP contribution in [0.1, 0.15) is 50.8 Å². The van der Waals surface area contributed by atoms with E-state index in [-0.39, 0.29) is 0 Å². The number of rotatable bonds is 8. The third-order valence-corrected chi connectivity index (χ3v) is 5.15. The molecular weight excluding hydrogens is 385 g/mol. The fourth-order valence-corrected chi connectivity index (χ4v) is 2.92. The number of aromatic nitrogens is 3. The van der Waals surface area contributed by atoms with Crippen LogP contribution in [0, 0.1) is 0 Å². The van der Waals surface area contributed by atoms with Gasteiger partial charge in [-0.15, -0.1) is 5.10 Å². The van der Waals surface area contributed by atoms with Crippen LogP contribution in [-0.4, -0.2) is 15.0 Å². The standard InChI is InChI=1S/C18H24IN3/c1-3-4-6-11-17-14-22(21-20-17)13-12-18(19)15(2)16-9-7-5-8-10-16/h5,7-10,14H,3-4,6,11-13H2,1-2H3/b18-15-. The average Bonchev–Trinajstić information content (AvgIpc) is 3.01. The lowest BCUT2D eigenvalue weighted by atomic mass is 10.1. The monoisotopic (exact) mass is 409 g/mol. The summed E-state index contributed by atoms with van der Waals surface area (Å²) in [5, 5.41) is 8.50. The lowest BCUT2D eigenvalue weighted by Crippen LogP contribution is -1.99. The van der Waals surface area contributed by atoms with Crippen LogP contribution in [0.4, 0.5) is 0 Å². The van der Waals surface area contributed by atoms with E-state index < -0.39 is 0 Å². The van der Waals surface area contributed by atoms with Gasteiger partial charge in [-0.05, 0) is 63.5 Å². The largest absolute Gasteiger partial charge is 0.252 e. The van der Waals surface area contributed by atoms with Crippen molar-refractivity contribution in [2.75, 3.05) is 0 Å². The molecular formula is C18H24IN3. The summed E-state index contributed by atoms with van der Waals surface area (Å²) in [4.78, 5) is 0. The van der Waals surface area contributed by atoms with Crippen LogP contribution >= 0.6 is 22.6 Å². The summed E-state index contributed by atoms with van der Waals surface area (Å²) in [5.41, 5.74) is 3.77. The molecule has 0 amide bonds. The number of allylic oxidation sites excluding steroid dienone is 2. The van der Waals surface area contributed by atoms with Crippen molar-refractivity contribution >= 4 is 28.2 Å². The van der Waals surface area contributed by atoms with Gasteiger partial charge in [-0.1, -0.05) is 55.3 Å². The molecule has 0 unspecified atom stereocenters. The molecule has 0 bridgehead atoms. The molecule has 0 N–H and O–H groups in total. The van der Waals surface area contributed by atoms with Gasteiger partial charge in [0.2, 0.25) is 0 Å². The highest BCUT2D eigenvalue weighted by atomic mass is 127. The molecule has 0 aliphatic rings. The summed E-state index contributed by atoms with van der Waals surface area (Å²) in [5.74, 6) is 0. The molecule has 3 nitrogen and oxygen atoms in total. The quantitative estimate of drug-likeness (QED) is 0.440. The van der Waals surface area contributed by atoms with Gasteiger partial charge in [0.25, 0.3) is 0 Å². The summed E-state index contributed by atoms with van der Waals surface area (Å²) in [6.07, 6.45) is 7.86. The smallest absolute Gasteiger partial charge is 0.0827 e. The van der Waals surface area contributed by atoms with E-state index in [4.69, 9.17) is 0 Å². The lowest BCUT2D eigenvalue weighted by Gasteiger charge is -2.06. The van der Waals surface area contributed by atoms with E-state index >= 15 is 0 Å². The minimum Gasteiger partial charge on any atom is -0.252 e. The van der Waals surface area contributed by atoms with Gasteiger partial charge in [0, 0.05) is 12.7 Å². The first-order valence-electron chi connectivity index (χ1n) is 8.00. The van der Waals surface area contributed by atoms with Gasteiger partial charge in [-0.2, -0.15) is 0 Å². The molecule has 1 heterocycles. The lowest BCUT2D eigenvalue weighted by molar-refractivity contribution is 0.595. The van der Waals surface area contributed by atoms with Crippen molar-refractivity contribution in [3.8, 4) is 0 Å². The summed E-state index contributed by atoms with van der Waals surface area (Å²) in [6.45, 7) is 5.30. The second-order valence-corrected chi connectivity index (χ2v) is 6.88. The van der Waals surface area contributed by atoms with Gasteiger partial charge in [0.15, 0.2) is 0 Å². The molecule has 0 fully saturated rings. The summed E-state index contributed by atoms with van der Waals surface area (Å²) in [6, 6.07) is 10.6. The Balaban J connectivity index is 1.89. The molecule has 118 valence electrons. The highest BCUT2D eigenvalue weighted by Gasteiger charge is 2.04. The van der Waals surface area contributed by atoms with Gasteiger partial charge in [0.1, 0.15) is 0 Å². The number of hydrogen-bond acceptors (Lipinski definition) is 2. The molecule has 0 saturated carbocycles. The summed E-state index contributed by atoms with van der Waals surface area (Å²) >= 11 is 2.45. The predicted molar refractivity (Wildman–Crippen MR) is 101 cm³/mol. The van der Waals surface area contributed by atoms with E-state index in [1.807, 2.05) is 4.68 Å². The van der Waals surface area contributed by atoms with E-state index in [1.54, 1.807) is 0 Å². The van der Waals surface area contributed by atoms with Crippen molar-refractivity contribution in [3.05, 3.63) is 51.4 Å². The summed E-state index contributed by atoms with van der Waals surface area (Å²) < 4.78 is 3.35. The molecule has 22 heavy (non-hydrogen) atoms.